The standard InChI is InChI=1S/C27H37NO6/c1-17-15-27-10-6-11-28(27)12-7-18-13-20-21(33-16-32-20)14-19(18)22(27)23(17)34-24(29)26(4,31)9-5-8-25(2,3)30/h13-15,22-23,30-31H,5-12,16H2,1-4H3/t22-,23?,26+,27-/m1/s1. The zero-order valence-corrected chi connectivity index (χ0v) is 20.7. The molecular formula is C27H37NO6. The van der Waals surface area contributed by atoms with Crippen molar-refractivity contribution >= 4 is 5.97 Å². The van der Waals surface area contributed by atoms with E-state index in [4.69, 9.17) is 14.2 Å². The van der Waals surface area contributed by atoms with Crippen molar-refractivity contribution in [1.29, 1.82) is 0 Å². The van der Waals surface area contributed by atoms with E-state index in [0.717, 1.165) is 55.0 Å². The van der Waals surface area contributed by atoms with Crippen LogP contribution in [-0.2, 0) is 16.0 Å². The van der Waals surface area contributed by atoms with E-state index < -0.39 is 23.3 Å². The van der Waals surface area contributed by atoms with Crippen molar-refractivity contribution in [3.8, 4) is 11.5 Å². The average Bonchev–Trinajstić information content (AvgIpc) is 3.41. The molecule has 1 aliphatic carbocycles. The third-order valence-corrected chi connectivity index (χ3v) is 8.11. The summed E-state index contributed by atoms with van der Waals surface area (Å²) in [7, 11) is 0. The largest absolute Gasteiger partial charge is 0.455 e. The van der Waals surface area contributed by atoms with Crippen LogP contribution in [-0.4, -0.2) is 63.8 Å². The minimum absolute atomic E-state index is 0.0573. The van der Waals surface area contributed by atoms with Gasteiger partial charge in [0.2, 0.25) is 6.79 Å². The first-order chi connectivity index (χ1) is 16.0. The summed E-state index contributed by atoms with van der Waals surface area (Å²) >= 11 is 0. The van der Waals surface area contributed by atoms with Gasteiger partial charge in [-0.05, 0) is 102 Å². The van der Waals surface area contributed by atoms with Crippen LogP contribution in [0.4, 0.5) is 0 Å². The van der Waals surface area contributed by atoms with E-state index in [9.17, 15) is 15.0 Å². The van der Waals surface area contributed by atoms with Crippen molar-refractivity contribution in [3.63, 3.8) is 0 Å². The molecule has 4 aliphatic rings. The van der Waals surface area contributed by atoms with Crippen LogP contribution in [0, 0.1) is 0 Å². The van der Waals surface area contributed by atoms with Gasteiger partial charge in [0.15, 0.2) is 17.1 Å². The molecule has 7 nitrogen and oxygen atoms in total. The Hall–Kier alpha value is -2.09. The molecule has 7 heteroatoms. The van der Waals surface area contributed by atoms with Gasteiger partial charge in [0.25, 0.3) is 0 Å². The third-order valence-electron chi connectivity index (χ3n) is 8.11. The van der Waals surface area contributed by atoms with Crippen molar-refractivity contribution in [2.75, 3.05) is 19.9 Å². The highest BCUT2D eigenvalue weighted by Gasteiger charge is 2.57. The normalized spacial score (nSPS) is 29.5. The summed E-state index contributed by atoms with van der Waals surface area (Å²) in [5, 5.41) is 21.0. The van der Waals surface area contributed by atoms with E-state index in [2.05, 4.69) is 23.1 Å². The van der Waals surface area contributed by atoms with Gasteiger partial charge in [0, 0.05) is 12.5 Å². The lowest BCUT2D eigenvalue weighted by Gasteiger charge is -2.40. The highest BCUT2D eigenvalue weighted by molar-refractivity contribution is 5.79. The highest BCUT2D eigenvalue weighted by Crippen LogP contribution is 2.55. The van der Waals surface area contributed by atoms with Crippen LogP contribution in [0.15, 0.2) is 23.8 Å². The summed E-state index contributed by atoms with van der Waals surface area (Å²) in [5.74, 6) is 0.863. The molecule has 0 bridgehead atoms. The predicted octanol–water partition coefficient (Wildman–Crippen LogP) is 3.45. The van der Waals surface area contributed by atoms with Crippen LogP contribution in [0.3, 0.4) is 0 Å². The number of nitrogens with zero attached hydrogens (tertiary/aromatic N) is 1. The van der Waals surface area contributed by atoms with Gasteiger partial charge in [-0.3, -0.25) is 4.90 Å². The molecule has 2 N–H and O–H groups in total. The van der Waals surface area contributed by atoms with E-state index in [0.29, 0.717) is 12.8 Å². The second kappa shape index (κ2) is 8.25. The lowest BCUT2D eigenvalue weighted by molar-refractivity contribution is -0.170. The molecule has 1 aromatic carbocycles. The fourth-order valence-corrected chi connectivity index (χ4v) is 6.41. The maximum absolute atomic E-state index is 13.3. The molecule has 0 amide bonds. The number of fused-ring (bicyclic) bond motifs is 3. The zero-order valence-electron chi connectivity index (χ0n) is 20.7. The van der Waals surface area contributed by atoms with Gasteiger partial charge in [-0.25, -0.2) is 4.79 Å². The smallest absolute Gasteiger partial charge is 0.338 e. The SMILES string of the molecule is CC1=C[C@@]23CCCN2CCc2cc4c(cc2[C@@H]3C1OC(=O)[C@@](C)(O)CCCC(C)(C)O)OCO4. The number of benzene rings is 1. The molecule has 5 rings (SSSR count). The van der Waals surface area contributed by atoms with Crippen molar-refractivity contribution < 1.29 is 29.2 Å². The molecule has 3 aliphatic heterocycles. The van der Waals surface area contributed by atoms with Gasteiger partial charge < -0.3 is 24.4 Å². The van der Waals surface area contributed by atoms with Crippen LogP contribution >= 0.6 is 0 Å². The van der Waals surface area contributed by atoms with E-state index in [-0.39, 0.29) is 24.7 Å². The second-order valence-corrected chi connectivity index (χ2v) is 11.4. The third kappa shape index (κ3) is 4.01. The van der Waals surface area contributed by atoms with Crippen molar-refractivity contribution in [3.05, 3.63) is 34.9 Å². The number of hydrogen-bond donors (Lipinski definition) is 2. The van der Waals surface area contributed by atoms with Crippen molar-refractivity contribution in [2.45, 2.75) is 95.0 Å². The molecular weight excluding hydrogens is 434 g/mol. The average molecular weight is 472 g/mol. The number of ether oxygens (including phenoxy) is 3. The summed E-state index contributed by atoms with van der Waals surface area (Å²) in [5.41, 5.74) is 0.757. The molecule has 34 heavy (non-hydrogen) atoms. The quantitative estimate of drug-likeness (QED) is 0.485. The molecule has 1 spiro atoms. The van der Waals surface area contributed by atoms with Gasteiger partial charge in [0.1, 0.15) is 6.10 Å². The monoisotopic (exact) mass is 471 g/mol. The van der Waals surface area contributed by atoms with Crippen LogP contribution in [0.2, 0.25) is 0 Å². The van der Waals surface area contributed by atoms with Crippen LogP contribution in [0.5, 0.6) is 11.5 Å². The Kier molecular flexibility index (Phi) is 5.73. The van der Waals surface area contributed by atoms with Crippen molar-refractivity contribution in [2.24, 2.45) is 0 Å². The predicted molar refractivity (Wildman–Crippen MR) is 127 cm³/mol. The van der Waals surface area contributed by atoms with Gasteiger partial charge in [0.05, 0.1) is 11.1 Å². The maximum Gasteiger partial charge on any atom is 0.338 e. The fourth-order valence-electron chi connectivity index (χ4n) is 6.41. The fraction of sp³-hybridized carbons (Fsp3) is 0.667. The minimum atomic E-state index is -1.61. The molecule has 1 saturated heterocycles. The molecule has 0 radical (unpaired) electrons. The lowest BCUT2D eigenvalue weighted by atomic mass is 9.77. The molecule has 1 aromatic rings. The van der Waals surface area contributed by atoms with Crippen LogP contribution < -0.4 is 9.47 Å². The maximum atomic E-state index is 13.3. The first-order valence-corrected chi connectivity index (χ1v) is 12.5. The number of aliphatic hydroxyl groups is 2. The van der Waals surface area contributed by atoms with E-state index in [1.54, 1.807) is 13.8 Å². The van der Waals surface area contributed by atoms with Crippen LogP contribution in [0.1, 0.15) is 76.8 Å². The number of hydrogen-bond acceptors (Lipinski definition) is 7. The van der Waals surface area contributed by atoms with Gasteiger partial charge in [-0.1, -0.05) is 6.08 Å². The summed E-state index contributed by atoms with van der Waals surface area (Å²) < 4.78 is 17.5. The second-order valence-electron chi connectivity index (χ2n) is 11.4. The topological polar surface area (TPSA) is 88.5 Å². The first-order valence-electron chi connectivity index (χ1n) is 12.5. The summed E-state index contributed by atoms with van der Waals surface area (Å²) in [6.07, 6.45) is 6.15. The van der Waals surface area contributed by atoms with E-state index >= 15 is 0 Å². The summed E-state index contributed by atoms with van der Waals surface area (Å²) in [6, 6.07) is 4.17. The first kappa shape index (κ1) is 23.6. The van der Waals surface area contributed by atoms with Crippen molar-refractivity contribution in [1.82, 2.24) is 4.90 Å². The molecule has 1 unspecified atom stereocenters. The summed E-state index contributed by atoms with van der Waals surface area (Å²) in [6.45, 7) is 9.21. The molecule has 4 atom stereocenters. The number of carbonyl (C=O) groups is 1. The van der Waals surface area contributed by atoms with E-state index in [1.807, 2.05) is 6.92 Å². The Morgan fingerprint density at radius 3 is 2.65 bits per heavy atom. The number of carbonyl (C=O) groups excluding carboxylic acids is 1. The molecule has 3 heterocycles. The summed E-state index contributed by atoms with van der Waals surface area (Å²) in [4.78, 5) is 15.8. The molecule has 186 valence electrons. The Balaban J connectivity index is 1.45. The Labute approximate surface area is 201 Å². The zero-order chi connectivity index (χ0) is 24.3. The Morgan fingerprint density at radius 1 is 1.18 bits per heavy atom. The van der Waals surface area contributed by atoms with Gasteiger partial charge >= 0.3 is 5.97 Å². The molecule has 0 aromatic heterocycles. The number of esters is 1. The highest BCUT2D eigenvalue weighted by atomic mass is 16.7. The molecule has 0 saturated carbocycles. The Bertz CT molecular complexity index is 1010. The van der Waals surface area contributed by atoms with E-state index in [1.165, 1.54) is 12.5 Å². The minimum Gasteiger partial charge on any atom is -0.455 e. The van der Waals surface area contributed by atoms with Gasteiger partial charge in [-0.2, -0.15) is 0 Å². The van der Waals surface area contributed by atoms with Gasteiger partial charge in [-0.15, -0.1) is 0 Å². The Morgan fingerprint density at radius 2 is 1.91 bits per heavy atom. The van der Waals surface area contributed by atoms with Crippen LogP contribution in [0.25, 0.3) is 0 Å². The number of rotatable bonds is 6. The molecule has 1 fully saturated rings. The lowest BCUT2D eigenvalue weighted by Crippen LogP contribution is -2.48.